The Bertz CT molecular complexity index is 323. The van der Waals surface area contributed by atoms with Gasteiger partial charge in [-0.05, 0) is 44.0 Å². The molecule has 2 heterocycles. The quantitative estimate of drug-likeness (QED) is 0.838. The van der Waals surface area contributed by atoms with Crippen LogP contribution in [0, 0.1) is 5.92 Å². The fraction of sp³-hybridized carbons (Fsp3) is 0.545. The van der Waals surface area contributed by atoms with Crippen LogP contribution in [0.5, 0.6) is 0 Å². The second-order valence-electron chi connectivity index (χ2n) is 3.89. The summed E-state index contributed by atoms with van der Waals surface area (Å²) in [6.45, 7) is 2.10. The average molecular weight is 224 g/mol. The van der Waals surface area contributed by atoms with E-state index in [2.05, 4.69) is 10.3 Å². The molecule has 3 nitrogen and oxygen atoms in total. The Hall–Kier alpha value is -0.740. The molecule has 0 aromatic carbocycles. The Balaban J connectivity index is 1.91. The van der Waals surface area contributed by atoms with E-state index < -0.39 is 10.8 Å². The molecule has 1 N–H and O–H groups in total. The fourth-order valence-electron chi connectivity index (χ4n) is 1.85. The van der Waals surface area contributed by atoms with E-state index in [1.54, 1.807) is 6.20 Å². The largest absolute Gasteiger partial charge is 0.316 e. The average Bonchev–Trinajstić information content (AvgIpc) is 2.31. The zero-order chi connectivity index (χ0) is 10.5. The van der Waals surface area contributed by atoms with Gasteiger partial charge in [-0.15, -0.1) is 0 Å². The van der Waals surface area contributed by atoms with Crippen molar-refractivity contribution in [2.24, 2.45) is 5.92 Å². The van der Waals surface area contributed by atoms with Crippen LogP contribution in [0.2, 0.25) is 0 Å². The second kappa shape index (κ2) is 5.37. The van der Waals surface area contributed by atoms with E-state index in [4.69, 9.17) is 0 Å². The Morgan fingerprint density at radius 2 is 2.47 bits per heavy atom. The number of hydrogen-bond acceptors (Lipinski definition) is 3. The normalized spacial score (nSPS) is 23.6. The van der Waals surface area contributed by atoms with E-state index in [0.717, 1.165) is 18.8 Å². The van der Waals surface area contributed by atoms with Crippen LogP contribution >= 0.6 is 0 Å². The molecular formula is C11H16N2OS. The summed E-state index contributed by atoms with van der Waals surface area (Å²) >= 11 is 0. The van der Waals surface area contributed by atoms with E-state index in [1.807, 2.05) is 18.2 Å². The van der Waals surface area contributed by atoms with E-state index in [0.29, 0.717) is 10.9 Å². The molecule has 4 heteroatoms. The lowest BCUT2D eigenvalue weighted by atomic mass is 10.0. The van der Waals surface area contributed by atoms with Gasteiger partial charge in [0.25, 0.3) is 0 Å². The Morgan fingerprint density at radius 3 is 3.13 bits per heavy atom. The first-order valence-corrected chi connectivity index (χ1v) is 6.68. The summed E-state index contributed by atoms with van der Waals surface area (Å²) in [5, 5.41) is 4.05. The lowest BCUT2D eigenvalue weighted by Gasteiger charge is -2.21. The van der Waals surface area contributed by atoms with E-state index in [-0.39, 0.29) is 0 Å². The molecule has 2 atom stereocenters. The topological polar surface area (TPSA) is 42.0 Å². The molecule has 0 spiro atoms. The van der Waals surface area contributed by atoms with Crippen molar-refractivity contribution >= 4 is 10.8 Å². The highest BCUT2D eigenvalue weighted by Crippen LogP contribution is 2.14. The molecule has 1 aliphatic heterocycles. The maximum Gasteiger partial charge on any atom is 0.127 e. The van der Waals surface area contributed by atoms with Gasteiger partial charge in [-0.2, -0.15) is 0 Å². The van der Waals surface area contributed by atoms with Crippen LogP contribution in [0.1, 0.15) is 12.8 Å². The van der Waals surface area contributed by atoms with Gasteiger partial charge in [-0.1, -0.05) is 6.07 Å². The molecule has 0 aliphatic carbocycles. The Morgan fingerprint density at radius 1 is 1.53 bits per heavy atom. The number of nitrogens with zero attached hydrogens (tertiary/aromatic N) is 1. The Labute approximate surface area is 92.8 Å². The van der Waals surface area contributed by atoms with Crippen molar-refractivity contribution in [2.45, 2.75) is 17.9 Å². The monoisotopic (exact) mass is 224 g/mol. The minimum Gasteiger partial charge on any atom is -0.316 e. The van der Waals surface area contributed by atoms with Crippen molar-refractivity contribution in [2.75, 3.05) is 18.8 Å². The van der Waals surface area contributed by atoms with Gasteiger partial charge in [0.15, 0.2) is 0 Å². The van der Waals surface area contributed by atoms with Crippen LogP contribution in [0.3, 0.4) is 0 Å². The van der Waals surface area contributed by atoms with Gasteiger partial charge in [0.2, 0.25) is 0 Å². The van der Waals surface area contributed by atoms with Crippen molar-refractivity contribution in [1.29, 1.82) is 0 Å². The van der Waals surface area contributed by atoms with Gasteiger partial charge in [0.05, 0.1) is 10.8 Å². The Kier molecular flexibility index (Phi) is 3.86. The molecule has 0 bridgehead atoms. The number of piperidine rings is 1. The zero-order valence-corrected chi connectivity index (χ0v) is 9.50. The van der Waals surface area contributed by atoms with Crippen LogP contribution < -0.4 is 5.32 Å². The van der Waals surface area contributed by atoms with E-state index in [9.17, 15) is 4.21 Å². The van der Waals surface area contributed by atoms with Gasteiger partial charge >= 0.3 is 0 Å². The highest BCUT2D eigenvalue weighted by Gasteiger charge is 2.17. The van der Waals surface area contributed by atoms with E-state index >= 15 is 0 Å². The molecule has 0 amide bonds. The van der Waals surface area contributed by atoms with Crippen LogP contribution in [0.15, 0.2) is 29.4 Å². The maximum absolute atomic E-state index is 11.9. The minimum atomic E-state index is -0.932. The first-order chi connectivity index (χ1) is 7.36. The van der Waals surface area contributed by atoms with Crippen LogP contribution in [-0.4, -0.2) is 28.0 Å². The SMILES string of the molecule is O=[S@](C[C@H]1CCCNC1)c1ccccn1. The molecule has 1 aliphatic rings. The molecule has 1 aromatic heterocycles. The third-order valence-electron chi connectivity index (χ3n) is 2.66. The summed E-state index contributed by atoms with van der Waals surface area (Å²) in [4.78, 5) is 4.12. The molecule has 1 aromatic rings. The van der Waals surface area contributed by atoms with Crippen molar-refractivity contribution < 1.29 is 4.21 Å². The smallest absolute Gasteiger partial charge is 0.127 e. The number of rotatable bonds is 3. The highest BCUT2D eigenvalue weighted by atomic mass is 32.2. The van der Waals surface area contributed by atoms with E-state index in [1.165, 1.54) is 12.8 Å². The fourth-order valence-corrected chi connectivity index (χ4v) is 3.14. The molecule has 1 fully saturated rings. The van der Waals surface area contributed by atoms with Gasteiger partial charge in [-0.25, -0.2) is 4.98 Å². The zero-order valence-electron chi connectivity index (χ0n) is 8.69. The van der Waals surface area contributed by atoms with Crippen LogP contribution in [0.25, 0.3) is 0 Å². The summed E-state index contributed by atoms with van der Waals surface area (Å²) < 4.78 is 11.9. The molecular weight excluding hydrogens is 208 g/mol. The predicted molar refractivity (Wildman–Crippen MR) is 61.1 cm³/mol. The first-order valence-electron chi connectivity index (χ1n) is 5.36. The first kappa shape index (κ1) is 10.8. The van der Waals surface area contributed by atoms with Crippen molar-refractivity contribution in [3.05, 3.63) is 24.4 Å². The lowest BCUT2D eigenvalue weighted by molar-refractivity contribution is 0.408. The second-order valence-corrected chi connectivity index (χ2v) is 5.34. The molecule has 82 valence electrons. The third-order valence-corrected chi connectivity index (χ3v) is 4.14. The van der Waals surface area contributed by atoms with Gasteiger partial charge in [-0.3, -0.25) is 4.21 Å². The molecule has 0 unspecified atom stereocenters. The molecule has 2 rings (SSSR count). The number of nitrogens with one attached hydrogen (secondary N) is 1. The molecule has 0 radical (unpaired) electrons. The number of aromatic nitrogens is 1. The molecule has 1 saturated heterocycles. The summed E-state index contributed by atoms with van der Waals surface area (Å²) in [6.07, 6.45) is 4.09. The molecule has 0 saturated carbocycles. The van der Waals surface area contributed by atoms with Crippen molar-refractivity contribution in [1.82, 2.24) is 10.3 Å². The minimum absolute atomic E-state index is 0.543. The third kappa shape index (κ3) is 3.11. The summed E-state index contributed by atoms with van der Waals surface area (Å²) in [5.74, 6) is 1.28. The summed E-state index contributed by atoms with van der Waals surface area (Å²) in [6, 6.07) is 5.58. The van der Waals surface area contributed by atoms with Crippen molar-refractivity contribution in [3.8, 4) is 0 Å². The standard InChI is InChI=1S/C11H16N2OS/c14-15(11-5-1-2-7-13-11)9-10-4-3-6-12-8-10/h1-2,5,7,10,12H,3-4,6,8-9H2/t10-,15+/m0/s1. The van der Waals surface area contributed by atoms with Crippen LogP contribution in [-0.2, 0) is 10.8 Å². The van der Waals surface area contributed by atoms with Gasteiger partial charge in [0, 0.05) is 11.9 Å². The highest BCUT2D eigenvalue weighted by molar-refractivity contribution is 7.84. The number of hydrogen-bond donors (Lipinski definition) is 1. The molecule has 15 heavy (non-hydrogen) atoms. The maximum atomic E-state index is 11.9. The predicted octanol–water partition coefficient (Wildman–Crippen LogP) is 1.19. The van der Waals surface area contributed by atoms with Gasteiger partial charge < -0.3 is 5.32 Å². The summed E-state index contributed by atoms with van der Waals surface area (Å²) in [5.41, 5.74) is 0. The lowest BCUT2D eigenvalue weighted by Crippen LogP contribution is -2.32. The number of pyridine rings is 1. The van der Waals surface area contributed by atoms with Gasteiger partial charge in [0.1, 0.15) is 5.03 Å². The van der Waals surface area contributed by atoms with Crippen LogP contribution in [0.4, 0.5) is 0 Å². The van der Waals surface area contributed by atoms with Crippen molar-refractivity contribution in [3.63, 3.8) is 0 Å². The summed E-state index contributed by atoms with van der Waals surface area (Å²) in [7, 11) is -0.932.